The summed E-state index contributed by atoms with van der Waals surface area (Å²) in [7, 11) is 1.71. The maximum Gasteiger partial charge on any atom is 0.0978 e. The minimum atomic E-state index is 0.0210. The second-order valence-corrected chi connectivity index (χ2v) is 4.62. The third kappa shape index (κ3) is 4.07. The van der Waals surface area contributed by atoms with Crippen LogP contribution in [-0.2, 0) is 17.7 Å². The van der Waals surface area contributed by atoms with Crippen LogP contribution in [0.3, 0.4) is 0 Å². The van der Waals surface area contributed by atoms with Gasteiger partial charge in [0.2, 0.25) is 0 Å². The molecule has 0 aliphatic carbocycles. The van der Waals surface area contributed by atoms with Crippen molar-refractivity contribution in [1.82, 2.24) is 15.0 Å². The number of nitrogens with two attached hydrogens (primary N) is 1. The van der Waals surface area contributed by atoms with Crippen molar-refractivity contribution in [2.24, 2.45) is 5.73 Å². The first-order valence-corrected chi connectivity index (χ1v) is 6.89. The number of hydrogen-bond acceptors (Lipinski definition) is 4. The third-order valence-corrected chi connectivity index (χ3v) is 3.19. The second-order valence-electron chi connectivity index (χ2n) is 4.62. The lowest BCUT2D eigenvalue weighted by atomic mass is 10.1. The molecule has 0 aliphatic heterocycles. The fourth-order valence-corrected chi connectivity index (χ4v) is 2.08. The molecule has 18 heavy (non-hydrogen) atoms. The number of nitrogens with zero attached hydrogens (tertiary/aromatic N) is 3. The number of hydrogen-bond donors (Lipinski definition) is 1. The van der Waals surface area contributed by atoms with Crippen LogP contribution >= 0.6 is 0 Å². The number of aromatic nitrogens is 3. The van der Waals surface area contributed by atoms with Gasteiger partial charge in [-0.1, -0.05) is 31.4 Å². The molecule has 0 amide bonds. The number of unbranched alkanes of at least 4 members (excludes halogenated alkanes) is 3. The highest BCUT2D eigenvalue weighted by molar-refractivity contribution is 5.13. The average molecular weight is 254 g/mol. The molecule has 1 aromatic rings. The largest absolute Gasteiger partial charge is 0.375 e. The molecule has 1 aromatic heterocycles. The van der Waals surface area contributed by atoms with Crippen molar-refractivity contribution >= 4 is 0 Å². The van der Waals surface area contributed by atoms with E-state index in [0.29, 0.717) is 6.54 Å². The number of methoxy groups -OCH3 is 1. The van der Waals surface area contributed by atoms with Gasteiger partial charge in [0, 0.05) is 20.1 Å². The molecular weight excluding hydrogens is 228 g/mol. The number of rotatable bonds is 9. The van der Waals surface area contributed by atoms with Crippen LogP contribution < -0.4 is 5.73 Å². The Balaban J connectivity index is 2.70. The Morgan fingerprint density at radius 1 is 1.33 bits per heavy atom. The third-order valence-electron chi connectivity index (χ3n) is 3.19. The fourth-order valence-electron chi connectivity index (χ4n) is 2.08. The average Bonchev–Trinajstić information content (AvgIpc) is 2.77. The van der Waals surface area contributed by atoms with Crippen LogP contribution in [0.15, 0.2) is 0 Å². The fraction of sp³-hybridized carbons (Fsp3) is 0.846. The van der Waals surface area contributed by atoms with E-state index in [-0.39, 0.29) is 6.10 Å². The van der Waals surface area contributed by atoms with Crippen molar-refractivity contribution < 1.29 is 4.74 Å². The van der Waals surface area contributed by atoms with Crippen molar-refractivity contribution in [3.63, 3.8) is 0 Å². The molecule has 0 spiro atoms. The van der Waals surface area contributed by atoms with Gasteiger partial charge in [0.05, 0.1) is 17.5 Å². The van der Waals surface area contributed by atoms with E-state index in [1.807, 2.05) is 11.6 Å². The summed E-state index contributed by atoms with van der Waals surface area (Å²) in [5, 5.41) is 8.46. The minimum Gasteiger partial charge on any atom is -0.375 e. The summed E-state index contributed by atoms with van der Waals surface area (Å²) in [5.74, 6) is 0. The first-order chi connectivity index (χ1) is 8.74. The normalized spacial score (nSPS) is 12.9. The molecule has 5 heteroatoms. The van der Waals surface area contributed by atoms with E-state index in [9.17, 15) is 0 Å². The van der Waals surface area contributed by atoms with Gasteiger partial charge in [-0.25, -0.2) is 4.68 Å². The molecule has 5 nitrogen and oxygen atoms in total. The molecule has 0 saturated carbocycles. The number of aryl methyl sites for hydroxylation is 1. The zero-order valence-corrected chi connectivity index (χ0v) is 11.9. The summed E-state index contributed by atoms with van der Waals surface area (Å²) in [6.45, 7) is 5.76. The van der Waals surface area contributed by atoms with Gasteiger partial charge in [0.25, 0.3) is 0 Å². The topological polar surface area (TPSA) is 66.0 Å². The van der Waals surface area contributed by atoms with Gasteiger partial charge in [0.1, 0.15) is 0 Å². The lowest BCUT2D eigenvalue weighted by molar-refractivity contribution is 0.110. The Bertz CT molecular complexity index is 338. The maximum absolute atomic E-state index is 5.60. The van der Waals surface area contributed by atoms with Crippen molar-refractivity contribution in [2.45, 2.75) is 58.6 Å². The van der Waals surface area contributed by atoms with Gasteiger partial charge < -0.3 is 10.5 Å². The van der Waals surface area contributed by atoms with Gasteiger partial charge in [-0.2, -0.15) is 0 Å². The molecule has 0 fully saturated rings. The van der Waals surface area contributed by atoms with Crippen molar-refractivity contribution in [2.75, 3.05) is 13.7 Å². The summed E-state index contributed by atoms with van der Waals surface area (Å²) in [4.78, 5) is 0. The van der Waals surface area contributed by atoms with Gasteiger partial charge in [0.15, 0.2) is 0 Å². The smallest absolute Gasteiger partial charge is 0.0978 e. The van der Waals surface area contributed by atoms with E-state index in [1.54, 1.807) is 7.11 Å². The van der Waals surface area contributed by atoms with Gasteiger partial charge in [-0.3, -0.25) is 0 Å². The summed E-state index contributed by atoms with van der Waals surface area (Å²) in [6.07, 6.45) is 5.69. The Labute approximate surface area is 110 Å². The minimum absolute atomic E-state index is 0.0210. The van der Waals surface area contributed by atoms with E-state index < -0.39 is 0 Å². The molecule has 0 aliphatic rings. The predicted octanol–water partition coefficient (Wildman–Crippen LogP) is 2.07. The highest BCUT2D eigenvalue weighted by Gasteiger charge is 2.17. The molecule has 1 heterocycles. The Hall–Kier alpha value is -0.940. The van der Waals surface area contributed by atoms with Crippen LogP contribution in [-0.4, -0.2) is 28.6 Å². The molecular formula is C13H26N4O. The molecule has 1 atom stereocenters. The molecule has 0 saturated heterocycles. The van der Waals surface area contributed by atoms with Crippen LogP contribution in [0.5, 0.6) is 0 Å². The molecule has 0 bridgehead atoms. The summed E-state index contributed by atoms with van der Waals surface area (Å²) in [5.41, 5.74) is 7.66. The Kier molecular flexibility index (Phi) is 6.90. The van der Waals surface area contributed by atoms with E-state index in [2.05, 4.69) is 17.2 Å². The standard InChI is InChI=1S/C13H26N4O/c1-4-5-6-7-10-17-13(11(2)18-3)12(8-9-14)15-16-17/h11H,4-10,14H2,1-3H3. The lowest BCUT2D eigenvalue weighted by Crippen LogP contribution is -2.12. The van der Waals surface area contributed by atoms with E-state index in [0.717, 1.165) is 30.8 Å². The maximum atomic E-state index is 5.60. The predicted molar refractivity (Wildman–Crippen MR) is 72.3 cm³/mol. The van der Waals surface area contributed by atoms with Crippen molar-refractivity contribution in [3.8, 4) is 0 Å². The quantitative estimate of drug-likeness (QED) is 0.685. The van der Waals surface area contributed by atoms with E-state index in [4.69, 9.17) is 10.5 Å². The van der Waals surface area contributed by atoms with E-state index in [1.165, 1.54) is 19.3 Å². The molecule has 1 rings (SSSR count). The highest BCUT2D eigenvalue weighted by atomic mass is 16.5. The van der Waals surface area contributed by atoms with Crippen LogP contribution in [0.2, 0.25) is 0 Å². The first kappa shape index (κ1) is 15.1. The van der Waals surface area contributed by atoms with Crippen molar-refractivity contribution in [1.29, 1.82) is 0 Å². The Morgan fingerprint density at radius 2 is 2.11 bits per heavy atom. The van der Waals surface area contributed by atoms with Gasteiger partial charge in [-0.05, 0) is 19.9 Å². The molecule has 0 aromatic carbocycles. The summed E-state index contributed by atoms with van der Waals surface area (Å²) < 4.78 is 7.39. The summed E-state index contributed by atoms with van der Waals surface area (Å²) >= 11 is 0. The van der Waals surface area contributed by atoms with Crippen molar-refractivity contribution in [3.05, 3.63) is 11.4 Å². The molecule has 0 radical (unpaired) electrons. The van der Waals surface area contributed by atoms with E-state index >= 15 is 0 Å². The second kappa shape index (κ2) is 8.21. The molecule has 2 N–H and O–H groups in total. The lowest BCUT2D eigenvalue weighted by Gasteiger charge is -2.13. The number of ether oxygens (including phenoxy) is 1. The summed E-state index contributed by atoms with van der Waals surface area (Å²) in [6, 6.07) is 0. The first-order valence-electron chi connectivity index (χ1n) is 6.89. The zero-order chi connectivity index (χ0) is 13.4. The SMILES string of the molecule is CCCCCCn1nnc(CCN)c1C(C)OC. The van der Waals surface area contributed by atoms with Gasteiger partial charge in [-0.15, -0.1) is 5.10 Å². The Morgan fingerprint density at radius 3 is 2.72 bits per heavy atom. The van der Waals surface area contributed by atoms with Crippen LogP contribution in [0, 0.1) is 0 Å². The van der Waals surface area contributed by atoms with Crippen LogP contribution in [0.25, 0.3) is 0 Å². The zero-order valence-electron chi connectivity index (χ0n) is 11.9. The highest BCUT2D eigenvalue weighted by Crippen LogP contribution is 2.19. The molecule has 1 unspecified atom stereocenters. The monoisotopic (exact) mass is 254 g/mol. The van der Waals surface area contributed by atoms with Crippen LogP contribution in [0.1, 0.15) is 57.0 Å². The van der Waals surface area contributed by atoms with Gasteiger partial charge >= 0.3 is 0 Å². The molecule has 104 valence electrons. The van der Waals surface area contributed by atoms with Crippen LogP contribution in [0.4, 0.5) is 0 Å².